The molecule has 2 aliphatic rings. The minimum Gasteiger partial charge on any atom is -0.374 e. The lowest BCUT2D eigenvalue weighted by Gasteiger charge is -2.45. The molecule has 2 aliphatic carbocycles. The first-order chi connectivity index (χ1) is 8.41. The van der Waals surface area contributed by atoms with Crippen molar-refractivity contribution in [3.63, 3.8) is 0 Å². The van der Waals surface area contributed by atoms with Crippen molar-refractivity contribution in [2.75, 3.05) is 6.61 Å². The molecule has 0 aromatic rings. The Morgan fingerprint density at radius 2 is 1.94 bits per heavy atom. The van der Waals surface area contributed by atoms with Gasteiger partial charge in [-0.3, -0.25) is 0 Å². The Labute approximate surface area is 116 Å². The molecule has 0 aromatic heterocycles. The Hall–Kier alpha value is 0.210. The van der Waals surface area contributed by atoms with Gasteiger partial charge in [-0.1, -0.05) is 20.8 Å². The summed E-state index contributed by atoms with van der Waals surface area (Å²) in [5.74, 6) is 0.760. The summed E-state index contributed by atoms with van der Waals surface area (Å²) in [6.07, 6.45) is 5.32. The molecule has 2 rings (SSSR count). The monoisotopic (exact) mass is 274 g/mol. The number of hydrogen-bond acceptors (Lipinski definition) is 2. The quantitative estimate of drug-likeness (QED) is 0.722. The molecule has 5 atom stereocenters. The number of hydrogen-bond donors (Lipinski definition) is 0. The van der Waals surface area contributed by atoms with Gasteiger partial charge in [0.15, 0.2) is 0 Å². The van der Waals surface area contributed by atoms with Crippen molar-refractivity contribution in [3.05, 3.63) is 0 Å². The lowest BCUT2D eigenvalue weighted by Crippen LogP contribution is -2.53. The van der Waals surface area contributed by atoms with Crippen molar-refractivity contribution in [1.82, 2.24) is 0 Å². The van der Waals surface area contributed by atoms with Crippen molar-refractivity contribution in [2.24, 2.45) is 11.3 Å². The van der Waals surface area contributed by atoms with Crippen LogP contribution in [0, 0.1) is 11.3 Å². The van der Waals surface area contributed by atoms with Crippen LogP contribution >= 0.6 is 11.6 Å². The van der Waals surface area contributed by atoms with Crippen molar-refractivity contribution in [3.8, 4) is 0 Å². The van der Waals surface area contributed by atoms with Crippen LogP contribution in [-0.2, 0) is 9.47 Å². The van der Waals surface area contributed by atoms with Crippen LogP contribution in [-0.4, -0.2) is 30.3 Å². The van der Waals surface area contributed by atoms with Gasteiger partial charge in [-0.05, 0) is 43.9 Å². The third-order valence-corrected chi connectivity index (χ3v) is 4.68. The van der Waals surface area contributed by atoms with Crippen LogP contribution in [0.15, 0.2) is 0 Å². The highest BCUT2D eigenvalue weighted by molar-refractivity contribution is 6.21. The van der Waals surface area contributed by atoms with Gasteiger partial charge in [-0.25, -0.2) is 0 Å². The SMILES string of the molecule is CCOC1C(Cl)CC1OC1CC(C)CC(C)(C)C1. The number of halogens is 1. The fourth-order valence-corrected chi connectivity index (χ4v) is 4.08. The van der Waals surface area contributed by atoms with Gasteiger partial charge in [-0.2, -0.15) is 0 Å². The van der Waals surface area contributed by atoms with E-state index in [4.69, 9.17) is 21.1 Å². The molecule has 2 nitrogen and oxygen atoms in total. The molecule has 0 heterocycles. The minimum absolute atomic E-state index is 0.108. The predicted octanol–water partition coefficient (Wildman–Crippen LogP) is 4.00. The molecule has 5 unspecified atom stereocenters. The van der Waals surface area contributed by atoms with E-state index in [1.165, 1.54) is 19.3 Å². The second kappa shape index (κ2) is 5.68. The van der Waals surface area contributed by atoms with Crippen LogP contribution < -0.4 is 0 Å². The second-order valence-electron chi connectivity index (χ2n) is 6.88. The standard InChI is InChI=1S/C15H27ClO2/c1-5-17-14-12(16)7-13(14)18-11-6-10(2)8-15(3,4)9-11/h10-14H,5-9H2,1-4H3. The lowest BCUT2D eigenvalue weighted by atomic mass is 9.71. The average Bonchev–Trinajstić information content (AvgIpc) is 2.22. The normalized spacial score (nSPS) is 43.5. The summed E-state index contributed by atoms with van der Waals surface area (Å²) >= 11 is 6.19. The molecule has 106 valence electrons. The lowest BCUT2D eigenvalue weighted by molar-refractivity contribution is -0.162. The predicted molar refractivity (Wildman–Crippen MR) is 75.1 cm³/mol. The van der Waals surface area contributed by atoms with Crippen LogP contribution in [0.4, 0.5) is 0 Å². The molecule has 0 N–H and O–H groups in total. The van der Waals surface area contributed by atoms with Gasteiger partial charge < -0.3 is 9.47 Å². The minimum atomic E-state index is 0.108. The Kier molecular flexibility index (Phi) is 4.61. The molecule has 2 fully saturated rings. The van der Waals surface area contributed by atoms with E-state index in [-0.39, 0.29) is 17.6 Å². The number of rotatable bonds is 4. The first kappa shape index (κ1) is 14.6. The third kappa shape index (κ3) is 3.40. The zero-order valence-electron chi connectivity index (χ0n) is 12.1. The summed E-state index contributed by atoms with van der Waals surface area (Å²) in [6.45, 7) is 9.78. The summed E-state index contributed by atoms with van der Waals surface area (Å²) < 4.78 is 11.9. The molecule has 0 bridgehead atoms. The summed E-state index contributed by atoms with van der Waals surface area (Å²) in [5, 5.41) is 0.143. The first-order valence-corrected chi connectivity index (χ1v) is 7.76. The van der Waals surface area contributed by atoms with Crippen molar-refractivity contribution < 1.29 is 9.47 Å². The molecule has 3 heteroatoms. The Morgan fingerprint density at radius 3 is 2.50 bits per heavy atom. The van der Waals surface area contributed by atoms with E-state index >= 15 is 0 Å². The number of alkyl halides is 1. The van der Waals surface area contributed by atoms with E-state index in [2.05, 4.69) is 20.8 Å². The Bertz CT molecular complexity index is 280. The highest BCUT2D eigenvalue weighted by atomic mass is 35.5. The van der Waals surface area contributed by atoms with Gasteiger partial charge >= 0.3 is 0 Å². The zero-order chi connectivity index (χ0) is 13.3. The van der Waals surface area contributed by atoms with Gasteiger partial charge in [0.1, 0.15) is 6.10 Å². The smallest absolute Gasteiger partial charge is 0.100 e. The van der Waals surface area contributed by atoms with Crippen molar-refractivity contribution in [1.29, 1.82) is 0 Å². The van der Waals surface area contributed by atoms with Crippen molar-refractivity contribution >= 4 is 11.6 Å². The Morgan fingerprint density at radius 1 is 1.22 bits per heavy atom. The van der Waals surface area contributed by atoms with E-state index < -0.39 is 0 Å². The maximum Gasteiger partial charge on any atom is 0.100 e. The molecule has 0 aromatic carbocycles. The molecule has 0 radical (unpaired) electrons. The maximum absolute atomic E-state index is 6.26. The van der Waals surface area contributed by atoms with Gasteiger partial charge in [0.25, 0.3) is 0 Å². The van der Waals surface area contributed by atoms with Crippen LogP contribution in [0.5, 0.6) is 0 Å². The topological polar surface area (TPSA) is 18.5 Å². The summed E-state index contributed by atoms with van der Waals surface area (Å²) in [5.41, 5.74) is 0.410. The van der Waals surface area contributed by atoms with E-state index in [9.17, 15) is 0 Å². The first-order valence-electron chi connectivity index (χ1n) is 7.32. The molecule has 18 heavy (non-hydrogen) atoms. The number of ether oxygens (including phenoxy) is 2. The molecule has 0 aliphatic heterocycles. The van der Waals surface area contributed by atoms with E-state index in [0.29, 0.717) is 11.5 Å². The van der Waals surface area contributed by atoms with Crippen LogP contribution in [0.3, 0.4) is 0 Å². The Balaban J connectivity index is 1.86. The van der Waals surface area contributed by atoms with E-state index in [0.717, 1.165) is 18.9 Å². The van der Waals surface area contributed by atoms with E-state index in [1.54, 1.807) is 0 Å². The second-order valence-corrected chi connectivity index (χ2v) is 7.44. The van der Waals surface area contributed by atoms with Crippen LogP contribution in [0.2, 0.25) is 0 Å². The summed E-state index contributed by atoms with van der Waals surface area (Å²) in [6, 6.07) is 0. The van der Waals surface area contributed by atoms with Gasteiger partial charge in [0.05, 0.1) is 17.6 Å². The van der Waals surface area contributed by atoms with Crippen molar-refractivity contribution in [2.45, 2.75) is 77.1 Å². The van der Waals surface area contributed by atoms with E-state index in [1.807, 2.05) is 6.92 Å². The maximum atomic E-state index is 6.26. The fourth-order valence-electron chi connectivity index (χ4n) is 3.67. The molecule has 0 saturated heterocycles. The molecule has 0 spiro atoms. The molecular weight excluding hydrogens is 248 g/mol. The third-order valence-electron chi connectivity index (χ3n) is 4.25. The van der Waals surface area contributed by atoms with Crippen LogP contribution in [0.25, 0.3) is 0 Å². The highest BCUT2D eigenvalue weighted by Crippen LogP contribution is 2.42. The fraction of sp³-hybridized carbons (Fsp3) is 1.00. The highest BCUT2D eigenvalue weighted by Gasteiger charge is 2.44. The largest absolute Gasteiger partial charge is 0.374 e. The molecule has 0 amide bonds. The average molecular weight is 275 g/mol. The molecular formula is C15H27ClO2. The zero-order valence-corrected chi connectivity index (χ0v) is 12.9. The summed E-state index contributed by atoms with van der Waals surface area (Å²) in [7, 11) is 0. The van der Waals surface area contributed by atoms with Gasteiger partial charge in [0.2, 0.25) is 0 Å². The summed E-state index contributed by atoms with van der Waals surface area (Å²) in [4.78, 5) is 0. The van der Waals surface area contributed by atoms with Gasteiger partial charge in [-0.15, -0.1) is 11.6 Å². The van der Waals surface area contributed by atoms with Gasteiger partial charge in [0, 0.05) is 6.61 Å². The van der Waals surface area contributed by atoms with Crippen LogP contribution in [0.1, 0.15) is 53.4 Å². The molecule has 2 saturated carbocycles.